The first kappa shape index (κ1) is 21.8. The summed E-state index contributed by atoms with van der Waals surface area (Å²) in [6, 6.07) is 11.3. The zero-order valence-electron chi connectivity index (χ0n) is 17.7. The molecule has 0 unspecified atom stereocenters. The van der Waals surface area contributed by atoms with Crippen LogP contribution in [0.4, 0.5) is 5.69 Å². The Bertz CT molecular complexity index is 1160. The molecule has 162 valence electrons. The molecule has 3 aromatic rings. The summed E-state index contributed by atoms with van der Waals surface area (Å²) >= 11 is 0. The van der Waals surface area contributed by atoms with E-state index in [9.17, 15) is 14.4 Å². The van der Waals surface area contributed by atoms with Crippen LogP contribution in [0.3, 0.4) is 0 Å². The molecule has 0 aliphatic heterocycles. The summed E-state index contributed by atoms with van der Waals surface area (Å²) in [5.41, 5.74) is 0.0980. The van der Waals surface area contributed by atoms with Crippen LogP contribution >= 0.6 is 0 Å². The molecule has 9 nitrogen and oxygen atoms in total. The van der Waals surface area contributed by atoms with Crippen molar-refractivity contribution >= 4 is 28.3 Å². The Morgan fingerprint density at radius 1 is 1.03 bits per heavy atom. The van der Waals surface area contributed by atoms with Crippen molar-refractivity contribution in [2.24, 2.45) is 0 Å². The van der Waals surface area contributed by atoms with Gasteiger partial charge >= 0.3 is 5.97 Å². The van der Waals surface area contributed by atoms with Crippen molar-refractivity contribution in [3.05, 3.63) is 58.5 Å². The van der Waals surface area contributed by atoms with Gasteiger partial charge in [-0.2, -0.15) is 5.10 Å². The maximum absolute atomic E-state index is 12.7. The van der Waals surface area contributed by atoms with Crippen LogP contribution in [-0.4, -0.2) is 42.5 Å². The van der Waals surface area contributed by atoms with Crippen LogP contribution in [-0.2, 0) is 9.53 Å². The lowest BCUT2D eigenvalue weighted by molar-refractivity contribution is -0.119. The van der Waals surface area contributed by atoms with Crippen molar-refractivity contribution in [2.45, 2.75) is 19.9 Å². The maximum atomic E-state index is 12.7. The first-order valence-corrected chi connectivity index (χ1v) is 9.55. The van der Waals surface area contributed by atoms with Crippen molar-refractivity contribution < 1.29 is 23.8 Å². The number of nitrogens with one attached hydrogen (secondary N) is 1. The monoisotopic (exact) mass is 425 g/mol. The largest absolute Gasteiger partial charge is 0.497 e. The van der Waals surface area contributed by atoms with E-state index in [2.05, 4.69) is 10.4 Å². The zero-order chi connectivity index (χ0) is 22.5. The Kier molecular flexibility index (Phi) is 6.54. The SMILES string of the molecule is COc1cc(NC(=O)COC(=O)c2nn(C(C)C)c(=O)c3ccccc23)cc(OC)c1. The van der Waals surface area contributed by atoms with Crippen LogP contribution in [0.2, 0.25) is 0 Å². The Hall–Kier alpha value is -3.88. The fourth-order valence-electron chi connectivity index (χ4n) is 2.98. The molecule has 31 heavy (non-hydrogen) atoms. The number of methoxy groups -OCH3 is 2. The van der Waals surface area contributed by atoms with Gasteiger partial charge in [0, 0.05) is 29.3 Å². The van der Waals surface area contributed by atoms with Crippen molar-refractivity contribution in [3.8, 4) is 11.5 Å². The summed E-state index contributed by atoms with van der Waals surface area (Å²) in [5, 5.41) is 7.52. The molecule has 0 atom stereocenters. The van der Waals surface area contributed by atoms with E-state index >= 15 is 0 Å². The molecule has 0 fully saturated rings. The zero-order valence-corrected chi connectivity index (χ0v) is 17.7. The molecule has 1 aromatic heterocycles. The number of aromatic nitrogens is 2. The molecule has 0 aliphatic rings. The Labute approximate surface area is 178 Å². The lowest BCUT2D eigenvalue weighted by Gasteiger charge is -2.13. The van der Waals surface area contributed by atoms with E-state index in [1.165, 1.54) is 18.9 Å². The normalized spacial score (nSPS) is 10.7. The summed E-state index contributed by atoms with van der Waals surface area (Å²) in [6.45, 7) is 3.04. The first-order valence-electron chi connectivity index (χ1n) is 9.55. The second kappa shape index (κ2) is 9.29. The van der Waals surface area contributed by atoms with Gasteiger partial charge in [0.15, 0.2) is 12.3 Å². The molecule has 0 radical (unpaired) electrons. The Balaban J connectivity index is 1.78. The van der Waals surface area contributed by atoms with E-state index in [1.54, 1.807) is 56.3 Å². The van der Waals surface area contributed by atoms with Crippen molar-refractivity contribution in [1.82, 2.24) is 9.78 Å². The third-order valence-electron chi connectivity index (χ3n) is 4.48. The standard InChI is InChI=1S/C22H23N3O6/c1-13(2)25-21(27)18-8-6-5-7-17(18)20(24-25)22(28)31-12-19(26)23-14-9-15(29-3)11-16(10-14)30-4/h5-11,13H,12H2,1-4H3,(H,23,26). The Morgan fingerprint density at radius 3 is 2.23 bits per heavy atom. The number of rotatable bonds is 7. The van der Waals surface area contributed by atoms with Crippen LogP contribution in [0.25, 0.3) is 10.8 Å². The predicted molar refractivity (Wildman–Crippen MR) is 115 cm³/mol. The number of benzene rings is 2. The number of carbonyl (C=O) groups is 2. The van der Waals surface area contributed by atoms with Crippen LogP contribution in [0.15, 0.2) is 47.3 Å². The van der Waals surface area contributed by atoms with Gasteiger partial charge in [-0.25, -0.2) is 9.48 Å². The average Bonchev–Trinajstić information content (AvgIpc) is 2.77. The van der Waals surface area contributed by atoms with Gasteiger partial charge in [-0.1, -0.05) is 18.2 Å². The number of ether oxygens (including phenoxy) is 3. The molecule has 2 aromatic carbocycles. The number of amides is 1. The van der Waals surface area contributed by atoms with Crippen molar-refractivity contribution in [1.29, 1.82) is 0 Å². The molecule has 0 saturated carbocycles. The average molecular weight is 425 g/mol. The first-order chi connectivity index (χ1) is 14.8. The summed E-state index contributed by atoms with van der Waals surface area (Å²) in [4.78, 5) is 37.6. The van der Waals surface area contributed by atoms with Crippen LogP contribution in [0, 0.1) is 0 Å². The summed E-state index contributed by atoms with van der Waals surface area (Å²) in [7, 11) is 2.99. The van der Waals surface area contributed by atoms with Gasteiger partial charge in [0.25, 0.3) is 11.5 Å². The summed E-state index contributed by atoms with van der Waals surface area (Å²) in [6.07, 6.45) is 0. The number of esters is 1. The lowest BCUT2D eigenvalue weighted by Crippen LogP contribution is -2.28. The van der Waals surface area contributed by atoms with E-state index in [-0.39, 0.29) is 17.3 Å². The molecule has 0 aliphatic carbocycles. The molecule has 1 heterocycles. The smallest absolute Gasteiger partial charge is 0.359 e. The highest BCUT2D eigenvalue weighted by molar-refractivity contribution is 6.03. The molecule has 1 amide bonds. The lowest BCUT2D eigenvalue weighted by atomic mass is 10.1. The predicted octanol–water partition coefficient (Wildman–Crippen LogP) is 2.79. The van der Waals surface area contributed by atoms with E-state index in [0.29, 0.717) is 28.0 Å². The molecule has 0 saturated heterocycles. The van der Waals surface area contributed by atoms with Gasteiger partial charge < -0.3 is 19.5 Å². The molecule has 9 heteroatoms. The van der Waals surface area contributed by atoms with Gasteiger partial charge in [-0.15, -0.1) is 0 Å². The highest BCUT2D eigenvalue weighted by atomic mass is 16.5. The van der Waals surface area contributed by atoms with Gasteiger partial charge in [-0.05, 0) is 19.9 Å². The van der Waals surface area contributed by atoms with Gasteiger partial charge in [0.1, 0.15) is 11.5 Å². The second-order valence-electron chi connectivity index (χ2n) is 6.96. The van der Waals surface area contributed by atoms with Gasteiger partial charge in [0.2, 0.25) is 0 Å². The number of fused-ring (bicyclic) bond motifs is 1. The quantitative estimate of drug-likeness (QED) is 0.580. The van der Waals surface area contributed by atoms with E-state index < -0.39 is 18.5 Å². The molecule has 3 rings (SSSR count). The minimum atomic E-state index is -0.802. The summed E-state index contributed by atoms with van der Waals surface area (Å²) < 4.78 is 16.7. The van der Waals surface area contributed by atoms with Crippen LogP contribution in [0.5, 0.6) is 11.5 Å². The fourth-order valence-corrected chi connectivity index (χ4v) is 2.98. The third-order valence-corrected chi connectivity index (χ3v) is 4.48. The topological polar surface area (TPSA) is 109 Å². The number of hydrogen-bond acceptors (Lipinski definition) is 7. The highest BCUT2D eigenvalue weighted by Gasteiger charge is 2.20. The van der Waals surface area contributed by atoms with Crippen LogP contribution < -0.4 is 20.3 Å². The Morgan fingerprint density at radius 2 is 1.65 bits per heavy atom. The number of anilines is 1. The molecule has 1 N–H and O–H groups in total. The van der Waals surface area contributed by atoms with Crippen molar-refractivity contribution in [3.63, 3.8) is 0 Å². The molecule has 0 bridgehead atoms. The molecule has 0 spiro atoms. The number of carbonyl (C=O) groups excluding carboxylic acids is 2. The molecular weight excluding hydrogens is 402 g/mol. The van der Waals surface area contributed by atoms with Crippen LogP contribution in [0.1, 0.15) is 30.4 Å². The van der Waals surface area contributed by atoms with Crippen molar-refractivity contribution in [2.75, 3.05) is 26.1 Å². The summed E-state index contributed by atoms with van der Waals surface area (Å²) in [5.74, 6) is -0.356. The number of nitrogens with zero attached hydrogens (tertiary/aromatic N) is 2. The van der Waals surface area contributed by atoms with Gasteiger partial charge in [0.05, 0.1) is 25.6 Å². The number of hydrogen-bond donors (Lipinski definition) is 1. The minimum Gasteiger partial charge on any atom is -0.497 e. The maximum Gasteiger partial charge on any atom is 0.359 e. The fraction of sp³-hybridized carbons (Fsp3) is 0.273. The highest BCUT2D eigenvalue weighted by Crippen LogP contribution is 2.25. The van der Waals surface area contributed by atoms with E-state index in [4.69, 9.17) is 14.2 Å². The second-order valence-corrected chi connectivity index (χ2v) is 6.96. The third kappa shape index (κ3) is 4.82. The van der Waals surface area contributed by atoms with Gasteiger partial charge in [-0.3, -0.25) is 9.59 Å². The minimum absolute atomic E-state index is 0.0280. The van der Waals surface area contributed by atoms with E-state index in [1.807, 2.05) is 0 Å². The molecular formula is C22H23N3O6. The van der Waals surface area contributed by atoms with E-state index in [0.717, 1.165) is 0 Å².